The largest absolute Gasteiger partial charge is 0.395 e. The van der Waals surface area contributed by atoms with Crippen LogP contribution in [0.5, 0.6) is 0 Å². The number of rotatable bonds is 4. The van der Waals surface area contributed by atoms with Crippen LogP contribution in [0, 0.1) is 0 Å². The number of hydrogen-bond acceptors (Lipinski definition) is 3. The van der Waals surface area contributed by atoms with Gasteiger partial charge in [0.15, 0.2) is 5.65 Å². The topological polar surface area (TPSA) is 50.9 Å². The fourth-order valence-corrected chi connectivity index (χ4v) is 1.75. The highest BCUT2D eigenvalue weighted by Gasteiger charge is 2.09. The molecular formula is C11H15N3O. The molecule has 0 radical (unpaired) electrons. The lowest BCUT2D eigenvalue weighted by atomic mass is 10.3. The second kappa shape index (κ2) is 4.40. The molecule has 2 rings (SSSR count). The molecule has 80 valence electrons. The molecule has 0 spiro atoms. The van der Waals surface area contributed by atoms with Crippen molar-refractivity contribution < 1.29 is 5.11 Å². The molecule has 0 saturated carbocycles. The molecule has 0 aliphatic rings. The molecule has 4 nitrogen and oxygen atoms in total. The minimum Gasteiger partial charge on any atom is -0.395 e. The van der Waals surface area contributed by atoms with Gasteiger partial charge in [0.2, 0.25) is 0 Å². The van der Waals surface area contributed by atoms with Crippen LogP contribution >= 0.6 is 0 Å². The van der Waals surface area contributed by atoms with Crippen molar-refractivity contribution in [2.75, 3.05) is 6.61 Å². The van der Waals surface area contributed by atoms with Crippen molar-refractivity contribution in [1.82, 2.24) is 14.5 Å². The summed E-state index contributed by atoms with van der Waals surface area (Å²) in [6, 6.07) is 3.84. The van der Waals surface area contributed by atoms with E-state index in [0.717, 1.165) is 29.8 Å². The zero-order chi connectivity index (χ0) is 10.7. The monoisotopic (exact) mass is 205 g/mol. The number of fused-ring (bicyclic) bond motifs is 1. The average molecular weight is 205 g/mol. The second-order valence-corrected chi connectivity index (χ2v) is 3.50. The molecular weight excluding hydrogens is 190 g/mol. The van der Waals surface area contributed by atoms with E-state index in [2.05, 4.69) is 16.9 Å². The van der Waals surface area contributed by atoms with E-state index in [4.69, 9.17) is 5.11 Å². The first kappa shape index (κ1) is 10.1. The lowest BCUT2D eigenvalue weighted by molar-refractivity contribution is 0.275. The van der Waals surface area contributed by atoms with Crippen LogP contribution in [-0.4, -0.2) is 26.2 Å². The van der Waals surface area contributed by atoms with Gasteiger partial charge in [0, 0.05) is 19.2 Å². The quantitative estimate of drug-likeness (QED) is 0.820. The molecule has 2 heterocycles. The van der Waals surface area contributed by atoms with Gasteiger partial charge in [0.25, 0.3) is 0 Å². The Balaban J connectivity index is 2.53. The summed E-state index contributed by atoms with van der Waals surface area (Å²) in [6.45, 7) is 2.82. The van der Waals surface area contributed by atoms with Gasteiger partial charge in [-0.25, -0.2) is 9.97 Å². The first-order chi connectivity index (χ1) is 7.36. The molecule has 0 unspecified atom stereocenters. The first-order valence-electron chi connectivity index (χ1n) is 5.27. The van der Waals surface area contributed by atoms with Crippen LogP contribution in [0.1, 0.15) is 19.2 Å². The van der Waals surface area contributed by atoms with E-state index in [1.807, 2.05) is 16.7 Å². The number of aliphatic hydroxyl groups is 1. The predicted molar refractivity (Wildman–Crippen MR) is 58.6 cm³/mol. The maximum absolute atomic E-state index is 9.01. The smallest absolute Gasteiger partial charge is 0.160 e. The van der Waals surface area contributed by atoms with Crippen LogP contribution in [0.3, 0.4) is 0 Å². The molecule has 2 aromatic heterocycles. The summed E-state index contributed by atoms with van der Waals surface area (Å²) in [6.07, 6.45) is 3.73. The molecule has 0 saturated heterocycles. The van der Waals surface area contributed by atoms with Crippen molar-refractivity contribution in [3.8, 4) is 0 Å². The van der Waals surface area contributed by atoms with Gasteiger partial charge in [-0.2, -0.15) is 0 Å². The van der Waals surface area contributed by atoms with Crippen molar-refractivity contribution in [3.05, 3.63) is 24.2 Å². The summed E-state index contributed by atoms with van der Waals surface area (Å²) < 4.78 is 2.00. The highest BCUT2D eigenvalue weighted by atomic mass is 16.3. The number of aliphatic hydroxyl groups excluding tert-OH is 1. The molecule has 2 aromatic rings. The highest BCUT2D eigenvalue weighted by Crippen LogP contribution is 2.14. The van der Waals surface area contributed by atoms with E-state index < -0.39 is 0 Å². The van der Waals surface area contributed by atoms with Crippen LogP contribution < -0.4 is 0 Å². The Labute approximate surface area is 88.6 Å². The minimum absolute atomic E-state index is 0.124. The SMILES string of the molecule is CCCc1nc2cccnc2n1CCO. The number of hydrogen-bond donors (Lipinski definition) is 1. The Morgan fingerprint density at radius 2 is 2.33 bits per heavy atom. The summed E-state index contributed by atoms with van der Waals surface area (Å²) in [5.41, 5.74) is 1.78. The third-order valence-electron chi connectivity index (χ3n) is 2.38. The number of imidazole rings is 1. The number of nitrogens with zero attached hydrogens (tertiary/aromatic N) is 3. The fraction of sp³-hybridized carbons (Fsp3) is 0.455. The summed E-state index contributed by atoms with van der Waals surface area (Å²) in [5, 5.41) is 9.01. The molecule has 0 aromatic carbocycles. The summed E-state index contributed by atoms with van der Waals surface area (Å²) in [7, 11) is 0. The van der Waals surface area contributed by atoms with Gasteiger partial charge in [-0.3, -0.25) is 0 Å². The molecule has 0 fully saturated rings. The fourth-order valence-electron chi connectivity index (χ4n) is 1.75. The molecule has 4 heteroatoms. The third kappa shape index (κ3) is 1.85. The second-order valence-electron chi connectivity index (χ2n) is 3.50. The van der Waals surface area contributed by atoms with E-state index in [1.165, 1.54) is 0 Å². The van der Waals surface area contributed by atoms with Gasteiger partial charge in [-0.05, 0) is 18.6 Å². The van der Waals surface area contributed by atoms with Crippen LogP contribution in [0.2, 0.25) is 0 Å². The summed E-state index contributed by atoms with van der Waals surface area (Å²) in [4.78, 5) is 8.80. The van der Waals surface area contributed by atoms with Crippen molar-refractivity contribution in [1.29, 1.82) is 0 Å². The first-order valence-corrected chi connectivity index (χ1v) is 5.27. The third-order valence-corrected chi connectivity index (χ3v) is 2.38. The number of aryl methyl sites for hydroxylation is 1. The molecule has 1 N–H and O–H groups in total. The zero-order valence-electron chi connectivity index (χ0n) is 8.85. The Kier molecular flexibility index (Phi) is 2.97. The maximum atomic E-state index is 9.01. The average Bonchev–Trinajstić information content (AvgIpc) is 2.59. The van der Waals surface area contributed by atoms with Gasteiger partial charge in [-0.15, -0.1) is 0 Å². The summed E-state index contributed by atoms with van der Waals surface area (Å²) >= 11 is 0. The maximum Gasteiger partial charge on any atom is 0.160 e. The van der Waals surface area contributed by atoms with Crippen molar-refractivity contribution >= 4 is 11.2 Å². The van der Waals surface area contributed by atoms with Crippen LogP contribution in [0.15, 0.2) is 18.3 Å². The molecule has 0 aliphatic heterocycles. The lowest BCUT2D eigenvalue weighted by Crippen LogP contribution is -2.07. The van der Waals surface area contributed by atoms with Gasteiger partial charge in [0.05, 0.1) is 6.61 Å². The standard InChI is InChI=1S/C11H15N3O/c1-2-4-10-13-9-5-3-6-12-11(9)14(10)7-8-15/h3,5-6,15H,2,4,7-8H2,1H3. The van der Waals surface area contributed by atoms with Gasteiger partial charge in [-0.1, -0.05) is 6.92 Å². The number of pyridine rings is 1. The Morgan fingerprint density at radius 3 is 3.07 bits per heavy atom. The highest BCUT2D eigenvalue weighted by molar-refractivity contribution is 5.71. The van der Waals surface area contributed by atoms with E-state index in [0.29, 0.717) is 6.54 Å². The summed E-state index contributed by atoms with van der Waals surface area (Å²) in [5.74, 6) is 1.01. The van der Waals surface area contributed by atoms with Crippen LogP contribution in [0.25, 0.3) is 11.2 Å². The van der Waals surface area contributed by atoms with E-state index in [9.17, 15) is 0 Å². The Hall–Kier alpha value is -1.42. The van der Waals surface area contributed by atoms with Crippen molar-refractivity contribution in [3.63, 3.8) is 0 Å². The molecule has 0 aliphatic carbocycles. The number of aromatic nitrogens is 3. The zero-order valence-corrected chi connectivity index (χ0v) is 8.85. The van der Waals surface area contributed by atoms with Crippen molar-refractivity contribution in [2.45, 2.75) is 26.3 Å². The minimum atomic E-state index is 0.124. The van der Waals surface area contributed by atoms with Crippen LogP contribution in [-0.2, 0) is 13.0 Å². The van der Waals surface area contributed by atoms with E-state index >= 15 is 0 Å². The predicted octanol–water partition coefficient (Wildman–Crippen LogP) is 1.38. The Morgan fingerprint density at radius 1 is 1.47 bits per heavy atom. The Bertz CT molecular complexity index is 450. The van der Waals surface area contributed by atoms with Crippen molar-refractivity contribution in [2.24, 2.45) is 0 Å². The van der Waals surface area contributed by atoms with Crippen LogP contribution in [0.4, 0.5) is 0 Å². The van der Waals surface area contributed by atoms with E-state index in [-0.39, 0.29) is 6.61 Å². The van der Waals surface area contributed by atoms with E-state index in [1.54, 1.807) is 6.20 Å². The lowest BCUT2D eigenvalue weighted by Gasteiger charge is -2.04. The van der Waals surface area contributed by atoms with Gasteiger partial charge >= 0.3 is 0 Å². The van der Waals surface area contributed by atoms with Gasteiger partial charge in [0.1, 0.15) is 11.3 Å². The van der Waals surface area contributed by atoms with Gasteiger partial charge < -0.3 is 9.67 Å². The normalized spacial score (nSPS) is 11.1. The molecule has 0 amide bonds. The molecule has 0 bridgehead atoms. The molecule has 0 atom stereocenters. The molecule has 15 heavy (non-hydrogen) atoms.